The number of thiocarbonyl (C=S) groups is 1. The zero-order chi connectivity index (χ0) is 14.0. The van der Waals surface area contributed by atoms with Crippen LogP contribution in [0.25, 0.3) is 0 Å². The third-order valence-corrected chi connectivity index (χ3v) is 3.94. The predicted octanol–water partition coefficient (Wildman–Crippen LogP) is 2.27. The second-order valence-corrected chi connectivity index (χ2v) is 5.38. The lowest BCUT2D eigenvalue weighted by Crippen LogP contribution is -2.41. The van der Waals surface area contributed by atoms with Crippen LogP contribution in [0.15, 0.2) is 18.2 Å². The van der Waals surface area contributed by atoms with Crippen LogP contribution in [-0.2, 0) is 0 Å². The molecule has 1 aromatic rings. The fourth-order valence-electron chi connectivity index (χ4n) is 2.35. The van der Waals surface area contributed by atoms with Gasteiger partial charge in [-0.25, -0.2) is 4.39 Å². The van der Waals surface area contributed by atoms with Crippen LogP contribution in [0.3, 0.4) is 0 Å². The van der Waals surface area contributed by atoms with Crippen LogP contribution in [-0.4, -0.2) is 28.9 Å². The topological polar surface area (TPSA) is 46.3 Å². The van der Waals surface area contributed by atoms with Gasteiger partial charge in [-0.3, -0.25) is 4.79 Å². The molecule has 0 spiro atoms. The average Bonchev–Trinajstić information content (AvgIpc) is 2.41. The van der Waals surface area contributed by atoms with Crippen LogP contribution in [0, 0.1) is 18.7 Å². The van der Waals surface area contributed by atoms with E-state index in [1.165, 1.54) is 6.07 Å². The second-order valence-electron chi connectivity index (χ2n) is 4.91. The quantitative estimate of drug-likeness (QED) is 0.845. The molecule has 3 nitrogen and oxygen atoms in total. The highest BCUT2D eigenvalue weighted by atomic mass is 32.1. The lowest BCUT2D eigenvalue weighted by atomic mass is 9.96. The second kappa shape index (κ2) is 5.65. The molecule has 1 fully saturated rings. The first-order valence-electron chi connectivity index (χ1n) is 6.34. The summed E-state index contributed by atoms with van der Waals surface area (Å²) in [4.78, 5) is 14.5. The maximum Gasteiger partial charge on any atom is 0.256 e. The molecular weight excluding hydrogens is 263 g/mol. The highest BCUT2D eigenvalue weighted by Crippen LogP contribution is 2.21. The van der Waals surface area contributed by atoms with Gasteiger partial charge in [-0.15, -0.1) is 0 Å². The molecule has 0 radical (unpaired) electrons. The smallest absolute Gasteiger partial charge is 0.256 e. The summed E-state index contributed by atoms with van der Waals surface area (Å²) in [5.74, 6) is -0.479. The van der Waals surface area contributed by atoms with Gasteiger partial charge in [0.05, 0.1) is 10.6 Å². The van der Waals surface area contributed by atoms with Gasteiger partial charge in [0.15, 0.2) is 0 Å². The van der Waals surface area contributed by atoms with Crippen molar-refractivity contribution in [2.75, 3.05) is 13.1 Å². The summed E-state index contributed by atoms with van der Waals surface area (Å²) in [6.45, 7) is 2.81. The van der Waals surface area contributed by atoms with Crippen LogP contribution >= 0.6 is 12.2 Å². The number of hydrogen-bond acceptors (Lipinski definition) is 2. The van der Waals surface area contributed by atoms with Crippen molar-refractivity contribution in [2.24, 2.45) is 11.7 Å². The first kappa shape index (κ1) is 13.9. The van der Waals surface area contributed by atoms with Crippen LogP contribution in [0.5, 0.6) is 0 Å². The number of carbonyl (C=O) groups excluding carboxylic acids is 1. The number of hydrogen-bond donors (Lipinski definition) is 1. The van der Waals surface area contributed by atoms with E-state index in [-0.39, 0.29) is 17.4 Å². The molecule has 0 unspecified atom stereocenters. The summed E-state index contributed by atoms with van der Waals surface area (Å²) < 4.78 is 13.9. The molecule has 0 aromatic heterocycles. The third kappa shape index (κ3) is 2.92. The molecule has 0 saturated carbocycles. The van der Waals surface area contributed by atoms with Crippen molar-refractivity contribution in [1.82, 2.24) is 4.90 Å². The van der Waals surface area contributed by atoms with E-state index < -0.39 is 5.82 Å². The fraction of sp³-hybridized carbons (Fsp3) is 0.429. The van der Waals surface area contributed by atoms with E-state index >= 15 is 0 Å². The molecule has 5 heteroatoms. The number of aryl methyl sites for hydroxylation is 1. The van der Waals surface area contributed by atoms with Crippen LogP contribution in [0.1, 0.15) is 28.8 Å². The Morgan fingerprint density at radius 3 is 2.63 bits per heavy atom. The summed E-state index contributed by atoms with van der Waals surface area (Å²) >= 11 is 4.97. The Bertz CT molecular complexity index is 510. The Kier molecular flexibility index (Phi) is 4.14. The maximum atomic E-state index is 13.9. The van der Waals surface area contributed by atoms with Crippen molar-refractivity contribution >= 4 is 23.1 Å². The number of halogens is 1. The van der Waals surface area contributed by atoms with Crippen LogP contribution in [0.2, 0.25) is 0 Å². The summed E-state index contributed by atoms with van der Waals surface area (Å²) in [7, 11) is 0. The molecule has 1 aliphatic heterocycles. The molecule has 1 saturated heterocycles. The summed E-state index contributed by atoms with van der Waals surface area (Å²) in [5, 5.41) is 0. The molecule has 1 heterocycles. The number of nitrogens with two attached hydrogens (primary N) is 1. The number of amides is 1. The minimum Gasteiger partial charge on any atom is -0.393 e. The number of benzene rings is 1. The first-order valence-corrected chi connectivity index (χ1v) is 6.75. The molecule has 19 heavy (non-hydrogen) atoms. The normalized spacial score (nSPS) is 16.4. The Morgan fingerprint density at radius 2 is 2.05 bits per heavy atom. The lowest BCUT2D eigenvalue weighted by Gasteiger charge is -2.31. The minimum atomic E-state index is -0.427. The van der Waals surface area contributed by atoms with E-state index in [9.17, 15) is 9.18 Å². The maximum absolute atomic E-state index is 13.9. The van der Waals surface area contributed by atoms with Gasteiger partial charge < -0.3 is 10.6 Å². The van der Waals surface area contributed by atoms with Crippen molar-refractivity contribution in [3.8, 4) is 0 Å². The van der Waals surface area contributed by atoms with Gasteiger partial charge in [-0.05, 0) is 31.4 Å². The van der Waals surface area contributed by atoms with Crippen molar-refractivity contribution in [1.29, 1.82) is 0 Å². The van der Waals surface area contributed by atoms with E-state index in [1.807, 2.05) is 0 Å². The number of rotatable bonds is 2. The highest BCUT2D eigenvalue weighted by Gasteiger charge is 2.26. The zero-order valence-electron chi connectivity index (χ0n) is 10.9. The van der Waals surface area contributed by atoms with Gasteiger partial charge in [-0.1, -0.05) is 24.4 Å². The molecular formula is C14H17FN2OS. The van der Waals surface area contributed by atoms with Crippen LogP contribution in [0.4, 0.5) is 4.39 Å². The summed E-state index contributed by atoms with van der Waals surface area (Å²) in [5.41, 5.74) is 6.25. The molecule has 0 bridgehead atoms. The standard InChI is InChI=1S/C14H17FN2OS/c1-9-3-2-4-11(12(9)15)14(18)17-7-5-10(6-8-17)13(16)19/h2-4,10H,5-8H2,1H3,(H2,16,19). The molecule has 2 N–H and O–H groups in total. The molecule has 1 aromatic carbocycles. The lowest BCUT2D eigenvalue weighted by molar-refractivity contribution is 0.0705. The van der Waals surface area contributed by atoms with E-state index in [4.69, 9.17) is 18.0 Å². The van der Waals surface area contributed by atoms with E-state index in [0.29, 0.717) is 23.6 Å². The van der Waals surface area contributed by atoms with Crippen molar-refractivity contribution < 1.29 is 9.18 Å². The highest BCUT2D eigenvalue weighted by molar-refractivity contribution is 7.80. The molecule has 0 aliphatic carbocycles. The molecule has 102 valence electrons. The van der Waals surface area contributed by atoms with Crippen LogP contribution < -0.4 is 5.73 Å². The Hall–Kier alpha value is -1.49. The predicted molar refractivity (Wildman–Crippen MR) is 76.5 cm³/mol. The molecule has 1 amide bonds. The number of carbonyl (C=O) groups is 1. The van der Waals surface area contributed by atoms with Gasteiger partial charge in [0.1, 0.15) is 5.82 Å². The van der Waals surface area contributed by atoms with Crippen molar-refractivity contribution in [2.45, 2.75) is 19.8 Å². The Morgan fingerprint density at radius 1 is 1.42 bits per heavy atom. The van der Waals surface area contributed by atoms with E-state index in [0.717, 1.165) is 12.8 Å². The first-order chi connectivity index (χ1) is 9.00. The van der Waals surface area contributed by atoms with Gasteiger partial charge in [0, 0.05) is 19.0 Å². The fourth-order valence-corrected chi connectivity index (χ4v) is 2.59. The molecule has 1 aliphatic rings. The van der Waals surface area contributed by atoms with E-state index in [1.54, 1.807) is 24.0 Å². The molecule has 2 rings (SSSR count). The number of piperidine rings is 1. The minimum absolute atomic E-state index is 0.147. The van der Waals surface area contributed by atoms with Gasteiger partial charge in [-0.2, -0.15) is 0 Å². The zero-order valence-corrected chi connectivity index (χ0v) is 11.7. The van der Waals surface area contributed by atoms with Crippen molar-refractivity contribution in [3.05, 3.63) is 35.1 Å². The average molecular weight is 280 g/mol. The largest absolute Gasteiger partial charge is 0.393 e. The van der Waals surface area contributed by atoms with E-state index in [2.05, 4.69) is 0 Å². The number of likely N-dealkylation sites (tertiary alicyclic amines) is 1. The van der Waals surface area contributed by atoms with Crippen molar-refractivity contribution in [3.63, 3.8) is 0 Å². The third-order valence-electron chi connectivity index (χ3n) is 3.61. The van der Waals surface area contributed by atoms with Gasteiger partial charge in [0.25, 0.3) is 5.91 Å². The van der Waals surface area contributed by atoms with Gasteiger partial charge in [0.2, 0.25) is 0 Å². The van der Waals surface area contributed by atoms with Gasteiger partial charge >= 0.3 is 0 Å². The monoisotopic (exact) mass is 280 g/mol. The molecule has 0 atom stereocenters. The summed E-state index contributed by atoms with van der Waals surface area (Å²) in [6.07, 6.45) is 1.52. The Labute approximate surface area is 117 Å². The SMILES string of the molecule is Cc1cccc(C(=O)N2CCC(C(N)=S)CC2)c1F. The Balaban J connectivity index is 2.09. The number of nitrogens with zero attached hydrogens (tertiary/aromatic N) is 1. The summed E-state index contributed by atoms with van der Waals surface area (Å²) in [6, 6.07) is 4.89.